The third kappa shape index (κ3) is 5.93. The summed E-state index contributed by atoms with van der Waals surface area (Å²) in [4.78, 5) is 11.9. The summed E-state index contributed by atoms with van der Waals surface area (Å²) < 4.78 is 0. The van der Waals surface area contributed by atoms with E-state index >= 15 is 0 Å². The van der Waals surface area contributed by atoms with Gasteiger partial charge in [0.1, 0.15) is 5.75 Å². The van der Waals surface area contributed by atoms with E-state index in [0.717, 1.165) is 11.1 Å². The van der Waals surface area contributed by atoms with Gasteiger partial charge in [0, 0.05) is 12.6 Å². The van der Waals surface area contributed by atoms with Gasteiger partial charge in [0.2, 0.25) is 0 Å². The predicted molar refractivity (Wildman–Crippen MR) is 93.8 cm³/mol. The maximum Gasteiger partial charge on any atom is 0.315 e. The van der Waals surface area contributed by atoms with Crippen LogP contribution in [-0.4, -0.2) is 28.8 Å². The molecule has 2 rings (SSSR count). The number of hydrogen-bond donors (Lipinski definition) is 4. The van der Waals surface area contributed by atoms with Crippen molar-refractivity contribution in [3.63, 3.8) is 0 Å². The van der Waals surface area contributed by atoms with Crippen LogP contribution in [-0.2, 0) is 6.42 Å². The topological polar surface area (TPSA) is 81.6 Å². The lowest BCUT2D eigenvalue weighted by Gasteiger charge is -2.16. The highest BCUT2D eigenvalue weighted by Crippen LogP contribution is 2.15. The molecule has 0 aliphatic rings. The molecule has 2 aromatic rings. The molecule has 0 fully saturated rings. The number of aliphatic hydroxyl groups is 1. The monoisotopic (exact) mass is 328 g/mol. The zero-order valence-electron chi connectivity index (χ0n) is 13.8. The van der Waals surface area contributed by atoms with Gasteiger partial charge >= 0.3 is 6.03 Å². The molecule has 128 valence electrons. The first-order valence-electron chi connectivity index (χ1n) is 8.10. The van der Waals surface area contributed by atoms with Gasteiger partial charge in [-0.15, -0.1) is 0 Å². The van der Waals surface area contributed by atoms with Crippen molar-refractivity contribution in [2.24, 2.45) is 0 Å². The van der Waals surface area contributed by atoms with E-state index in [1.807, 2.05) is 49.4 Å². The number of benzene rings is 2. The highest BCUT2D eigenvalue weighted by atomic mass is 16.3. The number of aliphatic hydroxyl groups excluding tert-OH is 1. The fraction of sp³-hybridized carbons (Fsp3) is 0.316. The smallest absolute Gasteiger partial charge is 0.315 e. The van der Waals surface area contributed by atoms with Crippen molar-refractivity contribution in [1.82, 2.24) is 10.6 Å². The fourth-order valence-corrected chi connectivity index (χ4v) is 2.48. The average Bonchev–Trinajstić information content (AvgIpc) is 2.57. The summed E-state index contributed by atoms with van der Waals surface area (Å²) in [5, 5.41) is 24.9. The van der Waals surface area contributed by atoms with E-state index in [1.54, 1.807) is 12.1 Å². The maximum absolute atomic E-state index is 11.9. The number of hydrogen-bond acceptors (Lipinski definition) is 3. The van der Waals surface area contributed by atoms with Crippen molar-refractivity contribution in [3.05, 3.63) is 65.7 Å². The third-order valence-electron chi connectivity index (χ3n) is 3.74. The predicted octanol–water partition coefficient (Wildman–Crippen LogP) is 2.75. The Labute approximate surface area is 142 Å². The summed E-state index contributed by atoms with van der Waals surface area (Å²) >= 11 is 0. The zero-order chi connectivity index (χ0) is 17.4. The second kappa shape index (κ2) is 8.93. The number of amides is 2. The standard InChI is InChI=1S/C19H24N2O3/c1-14(13-15-7-9-17(22)10-8-15)21-19(24)20-12-11-18(23)16-5-3-2-4-6-16/h2-10,14,18,22-23H,11-13H2,1H3,(H2,20,21,24). The minimum absolute atomic E-state index is 0.0337. The molecule has 5 nitrogen and oxygen atoms in total. The average molecular weight is 328 g/mol. The number of carbonyl (C=O) groups excluding carboxylic acids is 1. The van der Waals surface area contributed by atoms with E-state index in [-0.39, 0.29) is 17.8 Å². The molecule has 4 N–H and O–H groups in total. The van der Waals surface area contributed by atoms with Gasteiger partial charge in [-0.05, 0) is 43.0 Å². The molecule has 24 heavy (non-hydrogen) atoms. The SMILES string of the molecule is CC(Cc1ccc(O)cc1)NC(=O)NCCC(O)c1ccccc1. The van der Waals surface area contributed by atoms with Gasteiger partial charge in [0.15, 0.2) is 0 Å². The Bertz CT molecular complexity index is 629. The van der Waals surface area contributed by atoms with Crippen LogP contribution in [0.1, 0.15) is 30.6 Å². The lowest BCUT2D eigenvalue weighted by atomic mass is 10.1. The number of phenols is 1. The summed E-state index contributed by atoms with van der Waals surface area (Å²) in [5.74, 6) is 0.231. The molecule has 0 saturated heterocycles. The van der Waals surface area contributed by atoms with Crippen LogP contribution in [0.15, 0.2) is 54.6 Å². The highest BCUT2D eigenvalue weighted by molar-refractivity contribution is 5.74. The second-order valence-electron chi connectivity index (χ2n) is 5.89. The molecule has 2 atom stereocenters. The molecule has 5 heteroatoms. The Kier molecular flexibility index (Phi) is 6.63. The van der Waals surface area contributed by atoms with Crippen LogP contribution < -0.4 is 10.6 Å². The number of nitrogens with one attached hydrogen (secondary N) is 2. The van der Waals surface area contributed by atoms with Crippen LogP contribution in [0.4, 0.5) is 4.79 Å². The summed E-state index contributed by atoms with van der Waals surface area (Å²) in [6.07, 6.45) is 0.560. The molecule has 0 aliphatic heterocycles. The van der Waals surface area contributed by atoms with Gasteiger partial charge in [-0.25, -0.2) is 4.79 Å². The Morgan fingerprint density at radius 2 is 1.75 bits per heavy atom. The van der Waals surface area contributed by atoms with Crippen LogP contribution >= 0.6 is 0 Å². The summed E-state index contributed by atoms with van der Waals surface area (Å²) in [6, 6.07) is 16.0. The minimum Gasteiger partial charge on any atom is -0.508 e. The quantitative estimate of drug-likeness (QED) is 0.631. The number of aromatic hydroxyl groups is 1. The Balaban J connectivity index is 1.68. The molecular formula is C19H24N2O3. The van der Waals surface area contributed by atoms with Gasteiger partial charge in [0.05, 0.1) is 6.10 Å². The van der Waals surface area contributed by atoms with Crippen molar-refractivity contribution in [3.8, 4) is 5.75 Å². The molecule has 2 amide bonds. The molecule has 2 unspecified atom stereocenters. The molecule has 0 bridgehead atoms. The molecule has 0 radical (unpaired) electrons. The zero-order valence-corrected chi connectivity index (χ0v) is 13.8. The van der Waals surface area contributed by atoms with E-state index in [9.17, 15) is 15.0 Å². The number of rotatable bonds is 7. The van der Waals surface area contributed by atoms with Gasteiger partial charge in [-0.2, -0.15) is 0 Å². The largest absolute Gasteiger partial charge is 0.508 e. The Morgan fingerprint density at radius 3 is 2.42 bits per heavy atom. The van der Waals surface area contributed by atoms with Crippen molar-refractivity contribution < 1.29 is 15.0 Å². The van der Waals surface area contributed by atoms with Gasteiger partial charge in [-0.3, -0.25) is 0 Å². The second-order valence-corrected chi connectivity index (χ2v) is 5.89. The van der Waals surface area contributed by atoms with E-state index in [1.165, 1.54) is 0 Å². The molecule has 0 saturated carbocycles. The number of carbonyl (C=O) groups is 1. The lowest BCUT2D eigenvalue weighted by molar-refractivity contribution is 0.166. The minimum atomic E-state index is -0.582. The molecular weight excluding hydrogens is 304 g/mol. The maximum atomic E-state index is 11.9. The Morgan fingerprint density at radius 1 is 1.08 bits per heavy atom. The first-order chi connectivity index (χ1) is 11.5. The molecule has 2 aromatic carbocycles. The van der Waals surface area contributed by atoms with Crippen molar-refractivity contribution >= 4 is 6.03 Å². The summed E-state index contributed by atoms with van der Waals surface area (Å²) in [6.45, 7) is 2.32. The van der Waals surface area contributed by atoms with E-state index in [0.29, 0.717) is 19.4 Å². The fourth-order valence-electron chi connectivity index (χ4n) is 2.48. The lowest BCUT2D eigenvalue weighted by Crippen LogP contribution is -2.42. The van der Waals surface area contributed by atoms with Crippen molar-refractivity contribution in [1.29, 1.82) is 0 Å². The molecule has 0 spiro atoms. The van der Waals surface area contributed by atoms with E-state index < -0.39 is 6.10 Å². The van der Waals surface area contributed by atoms with Gasteiger partial charge in [-0.1, -0.05) is 42.5 Å². The summed E-state index contributed by atoms with van der Waals surface area (Å²) in [5.41, 5.74) is 1.89. The van der Waals surface area contributed by atoms with Crippen LogP contribution in [0.3, 0.4) is 0 Å². The highest BCUT2D eigenvalue weighted by Gasteiger charge is 2.10. The van der Waals surface area contributed by atoms with E-state index in [2.05, 4.69) is 10.6 Å². The van der Waals surface area contributed by atoms with Crippen LogP contribution in [0.2, 0.25) is 0 Å². The summed E-state index contributed by atoms with van der Waals surface area (Å²) in [7, 11) is 0. The molecule has 0 heterocycles. The van der Waals surface area contributed by atoms with E-state index in [4.69, 9.17) is 0 Å². The number of phenolic OH excluding ortho intramolecular Hbond substituents is 1. The van der Waals surface area contributed by atoms with Crippen LogP contribution in [0.25, 0.3) is 0 Å². The normalized spacial score (nSPS) is 13.1. The van der Waals surface area contributed by atoms with Crippen LogP contribution in [0.5, 0.6) is 5.75 Å². The molecule has 0 aliphatic carbocycles. The first-order valence-corrected chi connectivity index (χ1v) is 8.10. The van der Waals surface area contributed by atoms with Crippen LogP contribution in [0, 0.1) is 0 Å². The Hall–Kier alpha value is -2.53. The first kappa shape index (κ1) is 17.8. The van der Waals surface area contributed by atoms with Gasteiger partial charge in [0.25, 0.3) is 0 Å². The van der Waals surface area contributed by atoms with Gasteiger partial charge < -0.3 is 20.8 Å². The number of urea groups is 1. The third-order valence-corrected chi connectivity index (χ3v) is 3.74. The van der Waals surface area contributed by atoms with Crippen molar-refractivity contribution in [2.45, 2.75) is 31.9 Å². The molecule has 0 aromatic heterocycles. The van der Waals surface area contributed by atoms with Crippen molar-refractivity contribution in [2.75, 3.05) is 6.54 Å².